The van der Waals surface area contributed by atoms with Crippen molar-refractivity contribution in [3.8, 4) is 0 Å². The Morgan fingerprint density at radius 3 is 2.60 bits per heavy atom. The molecule has 0 aliphatic rings. The minimum Gasteiger partial charge on any atom is -0.481 e. The molecule has 1 rings (SSSR count). The number of pyridine rings is 1. The lowest BCUT2D eigenvalue weighted by molar-refractivity contribution is -0.136. The van der Waals surface area contributed by atoms with Gasteiger partial charge in [0, 0.05) is 16.2 Å². The van der Waals surface area contributed by atoms with Crippen LogP contribution in [0.4, 0.5) is 8.78 Å². The van der Waals surface area contributed by atoms with Gasteiger partial charge in [-0.15, -0.1) is 0 Å². The summed E-state index contributed by atoms with van der Waals surface area (Å²) >= 11 is 6.12. The van der Waals surface area contributed by atoms with Gasteiger partial charge in [-0.25, -0.2) is 8.78 Å². The summed E-state index contributed by atoms with van der Waals surface area (Å²) in [5.41, 5.74) is -0.514. The normalized spacial score (nSPS) is 10.7. The van der Waals surface area contributed by atoms with Crippen LogP contribution in [0.25, 0.3) is 0 Å². The Labute approximate surface area is 101 Å². The van der Waals surface area contributed by atoms with Gasteiger partial charge in [0.25, 0.3) is 6.43 Å². The maximum absolute atomic E-state index is 12.5. The molecule has 1 aromatic heterocycles. The minimum atomic E-state index is -2.79. The molecular weight excluding hydrogens is 340 g/mol. The lowest BCUT2D eigenvalue weighted by atomic mass is 10.1. The van der Waals surface area contributed by atoms with Crippen molar-refractivity contribution in [2.45, 2.75) is 12.8 Å². The van der Waals surface area contributed by atoms with Crippen molar-refractivity contribution in [2.24, 2.45) is 0 Å². The molecule has 0 aliphatic heterocycles. The molecule has 0 spiro atoms. The zero-order valence-electron chi connectivity index (χ0n) is 7.18. The fourth-order valence-electron chi connectivity index (χ4n) is 1.02. The summed E-state index contributed by atoms with van der Waals surface area (Å²) in [6.07, 6.45) is -2.08. The number of aromatic nitrogens is 1. The van der Waals surface area contributed by atoms with Crippen LogP contribution in [0.2, 0.25) is 0 Å². The highest BCUT2D eigenvalue weighted by Gasteiger charge is 2.20. The first-order valence-corrected chi connectivity index (χ1v) is 5.34. The van der Waals surface area contributed by atoms with E-state index < -0.39 is 24.5 Å². The first kappa shape index (κ1) is 12.5. The molecule has 0 amide bonds. The zero-order chi connectivity index (χ0) is 11.6. The minimum absolute atomic E-state index is 0.00752. The van der Waals surface area contributed by atoms with E-state index in [0.717, 1.165) is 0 Å². The average molecular weight is 345 g/mol. The molecule has 0 unspecified atom stereocenters. The van der Waals surface area contributed by atoms with Crippen LogP contribution in [-0.4, -0.2) is 16.1 Å². The van der Waals surface area contributed by atoms with E-state index in [1.54, 1.807) is 0 Å². The number of hydrogen-bond donors (Lipinski definition) is 1. The van der Waals surface area contributed by atoms with Crippen LogP contribution in [0.15, 0.2) is 15.1 Å². The van der Waals surface area contributed by atoms with Crippen LogP contribution in [0.3, 0.4) is 0 Å². The van der Waals surface area contributed by atoms with Crippen LogP contribution in [0, 0.1) is 0 Å². The van der Waals surface area contributed by atoms with Crippen LogP contribution < -0.4 is 0 Å². The number of carbonyl (C=O) groups is 1. The standard InChI is InChI=1S/C8H5Br2F2NO2/c9-4-2-13-7(8(11)12)3(6(4)10)1-5(14)15/h2,8H,1H2,(H,14,15). The topological polar surface area (TPSA) is 50.2 Å². The van der Waals surface area contributed by atoms with Gasteiger partial charge in [0.1, 0.15) is 5.69 Å². The molecule has 15 heavy (non-hydrogen) atoms. The van der Waals surface area contributed by atoms with Crippen molar-refractivity contribution in [3.63, 3.8) is 0 Å². The van der Waals surface area contributed by atoms with Crippen molar-refractivity contribution < 1.29 is 18.7 Å². The molecule has 1 heterocycles. The van der Waals surface area contributed by atoms with Gasteiger partial charge in [-0.3, -0.25) is 9.78 Å². The van der Waals surface area contributed by atoms with Crippen LogP contribution in [-0.2, 0) is 11.2 Å². The van der Waals surface area contributed by atoms with E-state index in [-0.39, 0.29) is 5.56 Å². The first-order chi connectivity index (χ1) is 6.93. The van der Waals surface area contributed by atoms with Gasteiger partial charge in [0.15, 0.2) is 0 Å². The van der Waals surface area contributed by atoms with Gasteiger partial charge in [-0.2, -0.15) is 0 Å². The third kappa shape index (κ3) is 2.94. The van der Waals surface area contributed by atoms with E-state index in [2.05, 4.69) is 36.8 Å². The van der Waals surface area contributed by atoms with Crippen LogP contribution in [0.1, 0.15) is 17.7 Å². The summed E-state index contributed by atoms with van der Waals surface area (Å²) in [6, 6.07) is 0. The fraction of sp³-hybridized carbons (Fsp3) is 0.250. The average Bonchev–Trinajstić information content (AvgIpc) is 2.12. The number of carboxylic acid groups (broad SMARTS) is 1. The second-order valence-electron chi connectivity index (χ2n) is 2.66. The lowest BCUT2D eigenvalue weighted by Gasteiger charge is -2.09. The number of halogens is 4. The summed E-state index contributed by atoms with van der Waals surface area (Å²) in [7, 11) is 0. The van der Waals surface area contributed by atoms with Crippen LogP contribution in [0.5, 0.6) is 0 Å². The molecule has 0 radical (unpaired) electrons. The van der Waals surface area contributed by atoms with Crippen molar-refractivity contribution in [1.29, 1.82) is 0 Å². The van der Waals surface area contributed by atoms with E-state index in [9.17, 15) is 13.6 Å². The number of rotatable bonds is 3. The van der Waals surface area contributed by atoms with Gasteiger partial charge < -0.3 is 5.11 Å². The number of hydrogen-bond acceptors (Lipinski definition) is 2. The second kappa shape index (κ2) is 4.98. The Morgan fingerprint density at radius 1 is 1.53 bits per heavy atom. The van der Waals surface area contributed by atoms with Gasteiger partial charge in [0.05, 0.1) is 10.9 Å². The second-order valence-corrected chi connectivity index (χ2v) is 4.30. The molecule has 1 aromatic rings. The number of carboxylic acids is 1. The molecule has 3 nitrogen and oxygen atoms in total. The first-order valence-electron chi connectivity index (χ1n) is 3.76. The van der Waals surface area contributed by atoms with E-state index in [0.29, 0.717) is 8.95 Å². The molecule has 0 bridgehead atoms. The Bertz CT molecular complexity index is 398. The van der Waals surface area contributed by atoms with Crippen molar-refractivity contribution >= 4 is 37.8 Å². The Kier molecular flexibility index (Phi) is 4.15. The molecule has 0 fully saturated rings. The molecule has 0 saturated heterocycles. The SMILES string of the molecule is O=C(O)Cc1c(C(F)F)ncc(Br)c1Br. The zero-order valence-corrected chi connectivity index (χ0v) is 10.3. The molecule has 0 aromatic carbocycles. The highest BCUT2D eigenvalue weighted by Crippen LogP contribution is 2.32. The Morgan fingerprint density at radius 2 is 2.13 bits per heavy atom. The highest BCUT2D eigenvalue weighted by molar-refractivity contribution is 9.13. The van der Waals surface area contributed by atoms with E-state index >= 15 is 0 Å². The quantitative estimate of drug-likeness (QED) is 0.916. The summed E-state index contributed by atoms with van der Waals surface area (Å²) in [6.45, 7) is 0. The Balaban J connectivity index is 3.28. The maximum Gasteiger partial charge on any atom is 0.307 e. The molecule has 0 aliphatic carbocycles. The molecule has 82 valence electrons. The van der Waals surface area contributed by atoms with Crippen LogP contribution >= 0.6 is 31.9 Å². The van der Waals surface area contributed by atoms with Gasteiger partial charge in [-0.05, 0) is 31.9 Å². The third-order valence-corrected chi connectivity index (χ3v) is 3.67. The summed E-state index contributed by atoms with van der Waals surface area (Å²) < 4.78 is 25.7. The molecule has 0 atom stereocenters. The fourth-order valence-corrected chi connectivity index (χ4v) is 1.81. The molecular formula is C8H5Br2F2NO2. The smallest absolute Gasteiger partial charge is 0.307 e. The Hall–Kier alpha value is -0.560. The molecule has 7 heteroatoms. The molecule has 1 N–H and O–H groups in total. The highest BCUT2D eigenvalue weighted by atomic mass is 79.9. The van der Waals surface area contributed by atoms with E-state index in [1.165, 1.54) is 6.20 Å². The molecule has 0 saturated carbocycles. The monoisotopic (exact) mass is 343 g/mol. The third-order valence-electron chi connectivity index (χ3n) is 1.64. The predicted octanol–water partition coefficient (Wildman–Crippen LogP) is 3.17. The van der Waals surface area contributed by atoms with Crippen molar-refractivity contribution in [3.05, 3.63) is 26.4 Å². The summed E-state index contributed by atoms with van der Waals surface area (Å²) in [5.74, 6) is -1.18. The van der Waals surface area contributed by atoms with Gasteiger partial charge >= 0.3 is 5.97 Å². The number of nitrogens with zero attached hydrogens (tertiary/aromatic N) is 1. The summed E-state index contributed by atoms with van der Waals surface area (Å²) in [4.78, 5) is 14.0. The van der Waals surface area contributed by atoms with E-state index in [4.69, 9.17) is 5.11 Å². The summed E-state index contributed by atoms with van der Waals surface area (Å²) in [5, 5.41) is 8.58. The largest absolute Gasteiger partial charge is 0.481 e. The van der Waals surface area contributed by atoms with Crippen molar-refractivity contribution in [1.82, 2.24) is 4.98 Å². The van der Waals surface area contributed by atoms with Gasteiger partial charge in [0.2, 0.25) is 0 Å². The predicted molar refractivity (Wildman–Crippen MR) is 55.9 cm³/mol. The van der Waals surface area contributed by atoms with Crippen molar-refractivity contribution in [2.75, 3.05) is 0 Å². The number of aliphatic carboxylic acids is 1. The van der Waals surface area contributed by atoms with Gasteiger partial charge in [-0.1, -0.05) is 0 Å². The maximum atomic E-state index is 12.5. The lowest BCUT2D eigenvalue weighted by Crippen LogP contribution is -2.07. The van der Waals surface area contributed by atoms with E-state index in [1.807, 2.05) is 0 Å². The number of alkyl halides is 2.